The van der Waals surface area contributed by atoms with Gasteiger partial charge >= 0.3 is 0 Å². The van der Waals surface area contributed by atoms with Crippen molar-refractivity contribution in [3.05, 3.63) is 58.6 Å². The zero-order valence-corrected chi connectivity index (χ0v) is 13.4. The third kappa shape index (κ3) is 4.13. The van der Waals surface area contributed by atoms with Gasteiger partial charge in [0.05, 0.1) is 26.9 Å². The van der Waals surface area contributed by atoms with Gasteiger partial charge in [-0.2, -0.15) is 0 Å². The lowest BCUT2D eigenvalue weighted by atomic mass is 10.1. The van der Waals surface area contributed by atoms with Crippen LogP contribution in [0, 0.1) is 0 Å². The van der Waals surface area contributed by atoms with Crippen molar-refractivity contribution in [1.82, 2.24) is 5.32 Å². The molecule has 1 unspecified atom stereocenters. The van der Waals surface area contributed by atoms with Gasteiger partial charge in [-0.05, 0) is 35.9 Å². The fourth-order valence-corrected chi connectivity index (χ4v) is 2.36. The van der Waals surface area contributed by atoms with Crippen LogP contribution in [0.5, 0.6) is 11.5 Å². The summed E-state index contributed by atoms with van der Waals surface area (Å²) >= 11 is 5.89. The van der Waals surface area contributed by atoms with Crippen LogP contribution in [0.2, 0.25) is 5.02 Å². The Bertz CT molecular complexity index is 601. The maximum absolute atomic E-state index is 9.60. The van der Waals surface area contributed by atoms with Crippen molar-refractivity contribution < 1.29 is 14.6 Å². The van der Waals surface area contributed by atoms with Crippen LogP contribution >= 0.6 is 11.6 Å². The van der Waals surface area contributed by atoms with E-state index < -0.39 is 0 Å². The zero-order valence-electron chi connectivity index (χ0n) is 12.7. The summed E-state index contributed by atoms with van der Waals surface area (Å²) in [5.74, 6) is 1.55. The minimum atomic E-state index is -0.173. The second kappa shape index (κ2) is 8.03. The number of aliphatic hydroxyl groups excluding tert-OH is 1. The predicted molar refractivity (Wildman–Crippen MR) is 87.7 cm³/mol. The van der Waals surface area contributed by atoms with Crippen molar-refractivity contribution >= 4 is 11.6 Å². The fourth-order valence-electron chi connectivity index (χ4n) is 2.24. The molecule has 0 bridgehead atoms. The molecule has 2 rings (SSSR count). The summed E-state index contributed by atoms with van der Waals surface area (Å²) in [6, 6.07) is 12.9. The average Bonchev–Trinajstić information content (AvgIpc) is 2.56. The van der Waals surface area contributed by atoms with Crippen molar-refractivity contribution in [3.8, 4) is 11.5 Å². The van der Waals surface area contributed by atoms with Crippen LogP contribution in [0.3, 0.4) is 0 Å². The van der Waals surface area contributed by atoms with Crippen LogP contribution in [-0.2, 0) is 6.54 Å². The highest BCUT2D eigenvalue weighted by Crippen LogP contribution is 2.25. The van der Waals surface area contributed by atoms with E-state index in [0.29, 0.717) is 11.6 Å². The molecule has 2 N–H and O–H groups in total. The van der Waals surface area contributed by atoms with Crippen LogP contribution in [0.25, 0.3) is 0 Å². The Morgan fingerprint density at radius 1 is 1.09 bits per heavy atom. The number of aliphatic hydroxyl groups is 1. The number of ether oxygens (including phenoxy) is 2. The molecule has 0 aromatic heterocycles. The number of benzene rings is 2. The van der Waals surface area contributed by atoms with E-state index in [1.165, 1.54) is 0 Å². The van der Waals surface area contributed by atoms with Gasteiger partial charge < -0.3 is 19.9 Å². The van der Waals surface area contributed by atoms with Crippen molar-refractivity contribution in [2.75, 3.05) is 20.8 Å². The van der Waals surface area contributed by atoms with Crippen molar-refractivity contribution in [1.29, 1.82) is 0 Å². The van der Waals surface area contributed by atoms with Gasteiger partial charge in [-0.1, -0.05) is 23.7 Å². The maximum Gasteiger partial charge on any atom is 0.123 e. The first-order valence-electron chi connectivity index (χ1n) is 6.98. The van der Waals surface area contributed by atoms with Gasteiger partial charge in [0.15, 0.2) is 0 Å². The second-order valence-electron chi connectivity index (χ2n) is 4.85. The lowest BCUT2D eigenvalue weighted by molar-refractivity contribution is 0.243. The van der Waals surface area contributed by atoms with Crippen LogP contribution < -0.4 is 14.8 Å². The van der Waals surface area contributed by atoms with Crippen molar-refractivity contribution in [3.63, 3.8) is 0 Å². The van der Waals surface area contributed by atoms with E-state index in [9.17, 15) is 5.11 Å². The quantitative estimate of drug-likeness (QED) is 0.822. The van der Waals surface area contributed by atoms with E-state index in [2.05, 4.69) is 5.32 Å². The Balaban J connectivity index is 2.11. The van der Waals surface area contributed by atoms with E-state index in [1.807, 2.05) is 42.5 Å². The molecule has 4 nitrogen and oxygen atoms in total. The normalized spacial score (nSPS) is 12.0. The van der Waals surface area contributed by atoms with Gasteiger partial charge in [0, 0.05) is 17.1 Å². The smallest absolute Gasteiger partial charge is 0.123 e. The predicted octanol–water partition coefficient (Wildman–Crippen LogP) is 3.18. The van der Waals surface area contributed by atoms with Crippen molar-refractivity contribution in [2.45, 2.75) is 12.6 Å². The van der Waals surface area contributed by atoms with Crippen LogP contribution in [0.1, 0.15) is 17.2 Å². The number of halogens is 1. The molecule has 22 heavy (non-hydrogen) atoms. The first-order valence-corrected chi connectivity index (χ1v) is 7.36. The fraction of sp³-hybridized carbons (Fsp3) is 0.294. The molecule has 1 atom stereocenters. The molecule has 0 fully saturated rings. The molecule has 0 heterocycles. The van der Waals surface area contributed by atoms with E-state index in [0.717, 1.165) is 22.6 Å². The summed E-state index contributed by atoms with van der Waals surface area (Å²) in [4.78, 5) is 0. The molecule has 0 spiro atoms. The Kier molecular flexibility index (Phi) is 6.07. The minimum Gasteiger partial charge on any atom is -0.497 e. The highest BCUT2D eigenvalue weighted by Gasteiger charge is 2.12. The Hall–Kier alpha value is -1.75. The van der Waals surface area contributed by atoms with Gasteiger partial charge in [0.1, 0.15) is 11.5 Å². The number of hydrogen-bond acceptors (Lipinski definition) is 4. The molecule has 0 amide bonds. The van der Waals surface area contributed by atoms with Gasteiger partial charge in [-0.15, -0.1) is 0 Å². The molecule has 0 saturated heterocycles. The highest BCUT2D eigenvalue weighted by molar-refractivity contribution is 6.30. The number of rotatable bonds is 7. The standard InChI is InChI=1S/C17H20ClNO3/c1-21-15-7-8-17(22-2)13(9-15)10-19-16(11-20)12-3-5-14(18)6-4-12/h3-9,16,19-20H,10-11H2,1-2H3. The van der Waals surface area contributed by atoms with Gasteiger partial charge in [0.25, 0.3) is 0 Å². The van der Waals surface area contributed by atoms with E-state index >= 15 is 0 Å². The number of nitrogens with one attached hydrogen (secondary N) is 1. The summed E-state index contributed by atoms with van der Waals surface area (Å²) < 4.78 is 10.6. The van der Waals surface area contributed by atoms with Crippen LogP contribution in [-0.4, -0.2) is 25.9 Å². The Morgan fingerprint density at radius 2 is 1.82 bits per heavy atom. The Labute approximate surface area is 135 Å². The molecule has 2 aromatic carbocycles. The lowest BCUT2D eigenvalue weighted by Crippen LogP contribution is -2.24. The maximum atomic E-state index is 9.60. The Morgan fingerprint density at radius 3 is 2.41 bits per heavy atom. The molecule has 0 aliphatic rings. The highest BCUT2D eigenvalue weighted by atomic mass is 35.5. The molecule has 5 heteroatoms. The third-order valence-corrected chi connectivity index (χ3v) is 3.73. The molecule has 118 valence electrons. The zero-order chi connectivity index (χ0) is 15.9. The first kappa shape index (κ1) is 16.6. The lowest BCUT2D eigenvalue weighted by Gasteiger charge is -2.18. The van der Waals surface area contributed by atoms with E-state index in [1.54, 1.807) is 14.2 Å². The van der Waals surface area contributed by atoms with Crippen molar-refractivity contribution in [2.24, 2.45) is 0 Å². The minimum absolute atomic E-state index is 0.00604. The number of methoxy groups -OCH3 is 2. The molecule has 0 saturated carbocycles. The molecular weight excluding hydrogens is 302 g/mol. The first-order chi connectivity index (χ1) is 10.7. The summed E-state index contributed by atoms with van der Waals surface area (Å²) in [5, 5.41) is 13.6. The molecule has 2 aromatic rings. The SMILES string of the molecule is COc1ccc(OC)c(CNC(CO)c2ccc(Cl)cc2)c1. The van der Waals surface area contributed by atoms with Gasteiger partial charge in [-0.25, -0.2) is 0 Å². The summed E-state index contributed by atoms with van der Waals surface area (Å²) in [6.07, 6.45) is 0. The van der Waals surface area contributed by atoms with Crippen LogP contribution in [0.15, 0.2) is 42.5 Å². The number of hydrogen-bond donors (Lipinski definition) is 2. The topological polar surface area (TPSA) is 50.7 Å². The summed E-state index contributed by atoms with van der Waals surface area (Å²) in [7, 11) is 3.26. The molecular formula is C17H20ClNO3. The second-order valence-corrected chi connectivity index (χ2v) is 5.28. The van der Waals surface area contributed by atoms with E-state index in [4.69, 9.17) is 21.1 Å². The third-order valence-electron chi connectivity index (χ3n) is 3.48. The molecule has 0 aliphatic carbocycles. The van der Waals surface area contributed by atoms with Gasteiger partial charge in [0.2, 0.25) is 0 Å². The van der Waals surface area contributed by atoms with Gasteiger partial charge in [-0.3, -0.25) is 0 Å². The molecule has 0 aliphatic heterocycles. The summed E-state index contributed by atoms with van der Waals surface area (Å²) in [5.41, 5.74) is 1.95. The monoisotopic (exact) mass is 321 g/mol. The van der Waals surface area contributed by atoms with E-state index in [-0.39, 0.29) is 12.6 Å². The molecule has 0 radical (unpaired) electrons. The largest absolute Gasteiger partial charge is 0.497 e. The average molecular weight is 322 g/mol. The summed E-state index contributed by atoms with van der Waals surface area (Å²) in [6.45, 7) is 0.544. The van der Waals surface area contributed by atoms with Crippen LogP contribution in [0.4, 0.5) is 0 Å².